The zero-order chi connectivity index (χ0) is 20.5. The van der Waals surface area contributed by atoms with Gasteiger partial charge in [-0.1, -0.05) is 0 Å². The number of hydrogen-bond acceptors (Lipinski definition) is 12. The Morgan fingerprint density at radius 1 is 0.357 bits per heavy atom. The molecule has 0 bridgehead atoms. The number of rotatable bonds is 0. The van der Waals surface area contributed by atoms with E-state index in [2.05, 4.69) is 0 Å². The van der Waals surface area contributed by atoms with Crippen LogP contribution in [0.15, 0.2) is 0 Å². The highest BCUT2D eigenvalue weighted by molar-refractivity contribution is 5.73. The molecule has 0 spiro atoms. The molecule has 160 valence electrons. The Morgan fingerprint density at radius 3 is 0.857 bits per heavy atom. The molecule has 0 radical (unpaired) electrons. The molecule has 1 heterocycles. The highest BCUT2D eigenvalue weighted by atomic mass is 16.6. The minimum absolute atomic E-state index is 0.0247. The Labute approximate surface area is 161 Å². The molecular formula is C16H24O12. The second kappa shape index (κ2) is 15.7. The quantitative estimate of drug-likeness (QED) is 0.331. The van der Waals surface area contributed by atoms with Crippen LogP contribution in [-0.2, 0) is 57.1 Å². The van der Waals surface area contributed by atoms with Crippen LogP contribution in [0.25, 0.3) is 0 Å². The molecule has 0 aromatic rings. The monoisotopic (exact) mass is 408 g/mol. The lowest BCUT2D eigenvalue weighted by atomic mass is 10.6. The van der Waals surface area contributed by atoms with Gasteiger partial charge in [0.2, 0.25) is 0 Å². The SMILES string of the molecule is O=C1COCC(=O)OCCOCCOC(=O)COCC(=O)OCCOCCO1. The highest BCUT2D eigenvalue weighted by Crippen LogP contribution is 1.90. The van der Waals surface area contributed by atoms with Gasteiger partial charge in [0.1, 0.15) is 52.9 Å². The molecule has 12 nitrogen and oxygen atoms in total. The molecule has 0 aromatic heterocycles. The molecule has 1 rings (SSSR count). The van der Waals surface area contributed by atoms with E-state index in [9.17, 15) is 19.2 Å². The second-order valence-corrected chi connectivity index (χ2v) is 5.09. The molecule has 0 aliphatic carbocycles. The van der Waals surface area contributed by atoms with E-state index in [0.29, 0.717) is 0 Å². The average Bonchev–Trinajstić information content (AvgIpc) is 2.65. The zero-order valence-corrected chi connectivity index (χ0v) is 15.4. The second-order valence-electron chi connectivity index (χ2n) is 5.09. The van der Waals surface area contributed by atoms with Gasteiger partial charge in [0.05, 0.1) is 26.4 Å². The van der Waals surface area contributed by atoms with E-state index in [4.69, 9.17) is 37.9 Å². The summed E-state index contributed by atoms with van der Waals surface area (Å²) in [4.78, 5) is 45.5. The van der Waals surface area contributed by atoms with Crippen molar-refractivity contribution in [2.45, 2.75) is 0 Å². The van der Waals surface area contributed by atoms with Gasteiger partial charge in [0, 0.05) is 0 Å². The molecule has 0 N–H and O–H groups in total. The first-order valence-corrected chi connectivity index (χ1v) is 8.51. The number of ether oxygens (including phenoxy) is 8. The van der Waals surface area contributed by atoms with Crippen molar-refractivity contribution in [2.75, 3.05) is 79.3 Å². The standard InChI is InChI=1S/C16H24O12/c17-13-9-23-11-15(19)27-7-3-22-4-8-28-16(20)12-24-10-14(18)26-6-2-21-1-5-25-13/h1-12H2. The van der Waals surface area contributed by atoms with Crippen LogP contribution in [0, 0.1) is 0 Å². The van der Waals surface area contributed by atoms with Crippen molar-refractivity contribution in [1.29, 1.82) is 0 Å². The normalized spacial score (nSPS) is 21.4. The summed E-state index contributed by atoms with van der Waals surface area (Å²) in [7, 11) is 0. The molecule has 0 saturated carbocycles. The molecule has 1 saturated heterocycles. The Bertz CT molecular complexity index is 408. The molecular weight excluding hydrogens is 384 g/mol. The molecule has 28 heavy (non-hydrogen) atoms. The predicted molar refractivity (Wildman–Crippen MR) is 87.1 cm³/mol. The summed E-state index contributed by atoms with van der Waals surface area (Å²) in [6.07, 6.45) is 0. The number of esters is 4. The maximum absolute atomic E-state index is 11.4. The summed E-state index contributed by atoms with van der Waals surface area (Å²) in [5.74, 6) is -2.64. The lowest BCUT2D eigenvalue weighted by molar-refractivity contribution is -0.157. The number of carbonyl (C=O) groups excluding carboxylic acids is 4. The fraction of sp³-hybridized carbons (Fsp3) is 0.750. The van der Waals surface area contributed by atoms with E-state index < -0.39 is 50.3 Å². The predicted octanol–water partition coefficient (Wildman–Crippen LogP) is -1.76. The van der Waals surface area contributed by atoms with E-state index in [1.165, 1.54) is 0 Å². The average molecular weight is 408 g/mol. The van der Waals surface area contributed by atoms with Crippen molar-refractivity contribution in [1.82, 2.24) is 0 Å². The highest BCUT2D eigenvalue weighted by Gasteiger charge is 2.09. The van der Waals surface area contributed by atoms with E-state index in [1.807, 2.05) is 0 Å². The summed E-state index contributed by atoms with van der Waals surface area (Å²) in [5.41, 5.74) is 0. The maximum atomic E-state index is 11.4. The van der Waals surface area contributed by atoms with Crippen molar-refractivity contribution in [3.8, 4) is 0 Å². The Balaban J connectivity index is 2.29. The Morgan fingerprint density at radius 2 is 0.607 bits per heavy atom. The van der Waals surface area contributed by atoms with Crippen molar-refractivity contribution in [3.63, 3.8) is 0 Å². The molecule has 0 aromatic carbocycles. The van der Waals surface area contributed by atoms with Gasteiger partial charge < -0.3 is 37.9 Å². The number of carbonyl (C=O) groups is 4. The topological polar surface area (TPSA) is 142 Å². The number of hydrogen-bond donors (Lipinski definition) is 0. The van der Waals surface area contributed by atoms with Crippen LogP contribution in [0.3, 0.4) is 0 Å². The summed E-state index contributed by atoms with van der Waals surface area (Å²) in [5, 5.41) is 0. The van der Waals surface area contributed by atoms with E-state index in [0.717, 1.165) is 0 Å². The van der Waals surface area contributed by atoms with E-state index in [-0.39, 0.29) is 52.9 Å². The van der Waals surface area contributed by atoms with Gasteiger partial charge in [0.25, 0.3) is 0 Å². The van der Waals surface area contributed by atoms with Crippen molar-refractivity contribution >= 4 is 23.9 Å². The van der Waals surface area contributed by atoms with Crippen LogP contribution < -0.4 is 0 Å². The summed E-state index contributed by atoms with van der Waals surface area (Å²) >= 11 is 0. The minimum Gasteiger partial charge on any atom is -0.462 e. The van der Waals surface area contributed by atoms with Crippen molar-refractivity contribution in [3.05, 3.63) is 0 Å². The van der Waals surface area contributed by atoms with Crippen LogP contribution in [0.4, 0.5) is 0 Å². The molecule has 0 atom stereocenters. The molecule has 0 unspecified atom stereocenters. The third-order valence-corrected chi connectivity index (χ3v) is 2.84. The van der Waals surface area contributed by atoms with Crippen LogP contribution in [0.5, 0.6) is 0 Å². The summed E-state index contributed by atoms with van der Waals surface area (Å²) in [6.45, 7) is -1.37. The third kappa shape index (κ3) is 13.9. The van der Waals surface area contributed by atoms with Gasteiger partial charge in [-0.15, -0.1) is 0 Å². The first-order chi connectivity index (χ1) is 13.6. The van der Waals surface area contributed by atoms with Crippen LogP contribution >= 0.6 is 0 Å². The van der Waals surface area contributed by atoms with Crippen LogP contribution in [0.1, 0.15) is 0 Å². The van der Waals surface area contributed by atoms with Crippen molar-refractivity contribution < 1.29 is 57.1 Å². The van der Waals surface area contributed by atoms with E-state index >= 15 is 0 Å². The smallest absolute Gasteiger partial charge is 0.332 e. The zero-order valence-electron chi connectivity index (χ0n) is 15.4. The van der Waals surface area contributed by atoms with Gasteiger partial charge in [-0.2, -0.15) is 0 Å². The summed E-state index contributed by atoms with van der Waals surface area (Å²) < 4.78 is 39.2. The number of cyclic esters (lactones) is 4. The van der Waals surface area contributed by atoms with Crippen LogP contribution in [-0.4, -0.2) is 103 Å². The third-order valence-electron chi connectivity index (χ3n) is 2.84. The van der Waals surface area contributed by atoms with Crippen molar-refractivity contribution in [2.24, 2.45) is 0 Å². The van der Waals surface area contributed by atoms with Gasteiger partial charge in [-0.05, 0) is 0 Å². The van der Waals surface area contributed by atoms with Gasteiger partial charge in [-0.25, -0.2) is 19.2 Å². The summed E-state index contributed by atoms with van der Waals surface area (Å²) in [6, 6.07) is 0. The molecule has 1 aliphatic heterocycles. The van der Waals surface area contributed by atoms with Gasteiger partial charge in [-0.3, -0.25) is 0 Å². The first-order valence-electron chi connectivity index (χ1n) is 8.51. The fourth-order valence-corrected chi connectivity index (χ4v) is 1.66. The first kappa shape index (κ1) is 23.8. The van der Waals surface area contributed by atoms with Crippen LogP contribution in [0.2, 0.25) is 0 Å². The maximum Gasteiger partial charge on any atom is 0.332 e. The Kier molecular flexibility index (Phi) is 13.4. The lowest BCUT2D eigenvalue weighted by Gasteiger charge is -2.09. The molecule has 0 amide bonds. The van der Waals surface area contributed by atoms with Gasteiger partial charge in [0.15, 0.2) is 0 Å². The molecule has 1 aliphatic rings. The van der Waals surface area contributed by atoms with Gasteiger partial charge >= 0.3 is 23.9 Å². The lowest BCUT2D eigenvalue weighted by Crippen LogP contribution is -2.23. The van der Waals surface area contributed by atoms with E-state index in [1.54, 1.807) is 0 Å². The largest absolute Gasteiger partial charge is 0.462 e. The Hall–Kier alpha value is -2.28. The minimum atomic E-state index is -0.660. The fourth-order valence-electron chi connectivity index (χ4n) is 1.66. The molecule has 1 fully saturated rings. The molecule has 12 heteroatoms.